The molecule has 0 atom stereocenters. The van der Waals surface area contributed by atoms with Crippen molar-refractivity contribution >= 4 is 8.32 Å². The van der Waals surface area contributed by atoms with Crippen molar-refractivity contribution in [2.75, 3.05) is 0 Å². The predicted molar refractivity (Wildman–Crippen MR) is 136 cm³/mol. The van der Waals surface area contributed by atoms with Gasteiger partial charge in [0, 0.05) is 0 Å². The molecule has 0 amide bonds. The Morgan fingerprint density at radius 3 is 1.00 bits per heavy atom. The first kappa shape index (κ1) is 28.3. The van der Waals surface area contributed by atoms with E-state index in [1.165, 1.54) is 96.3 Å². The van der Waals surface area contributed by atoms with Gasteiger partial charge in [0.25, 0.3) is 0 Å². The Morgan fingerprint density at radius 2 is 0.758 bits per heavy atom. The molecule has 0 aromatic carbocycles. The molecule has 0 aliphatic heterocycles. The molecule has 0 bridgehead atoms. The van der Waals surface area contributed by atoms with Gasteiger partial charge in [0.2, 0.25) is 0 Å². The first-order valence-electron chi connectivity index (χ1n) is 14.5. The standard InChI is InChI=1S/C18H33OSi.3C3H7O.Ti/c19-20(16-10-4-1-5-11-16,17-12-6-2-7-13-17)18-14-8-3-9-15-18;3*1-3(2)4;/h16-18H,1-15H2;3*3H,1-2H3;/q4*-1;+4. The van der Waals surface area contributed by atoms with Crippen LogP contribution in [0.1, 0.15) is 138 Å². The first-order valence-corrected chi connectivity index (χ1v) is 19.2. The van der Waals surface area contributed by atoms with Gasteiger partial charge in [-0.2, -0.15) is 0 Å². The van der Waals surface area contributed by atoms with Crippen LogP contribution in [0.5, 0.6) is 0 Å². The van der Waals surface area contributed by atoms with Gasteiger partial charge in [0.1, 0.15) is 0 Å². The fraction of sp³-hybridized carbons (Fsp3) is 1.00. The summed E-state index contributed by atoms with van der Waals surface area (Å²) >= 11 is -3.99. The van der Waals surface area contributed by atoms with Crippen LogP contribution in [-0.4, -0.2) is 26.6 Å². The zero-order valence-corrected chi connectivity index (χ0v) is 25.3. The van der Waals surface area contributed by atoms with Gasteiger partial charge >= 0.3 is 212 Å². The minimum atomic E-state index is -3.99. The Labute approximate surface area is 211 Å². The van der Waals surface area contributed by atoms with Gasteiger partial charge < -0.3 is 0 Å². The number of hydrogen-bond acceptors (Lipinski definition) is 4. The van der Waals surface area contributed by atoms with Crippen LogP contribution in [0.2, 0.25) is 16.6 Å². The predicted octanol–water partition coefficient (Wildman–Crippen LogP) is 9.04. The molecule has 3 aliphatic carbocycles. The third kappa shape index (κ3) is 7.63. The molecule has 4 nitrogen and oxygen atoms in total. The molecular formula is C27H54O4SiTi. The molecule has 3 fully saturated rings. The van der Waals surface area contributed by atoms with E-state index in [-0.39, 0.29) is 18.3 Å². The molecule has 3 saturated carbocycles. The van der Waals surface area contributed by atoms with Crippen molar-refractivity contribution in [3.8, 4) is 0 Å². The molecule has 0 saturated heterocycles. The van der Waals surface area contributed by atoms with Crippen LogP contribution in [-0.2, 0) is 31.1 Å². The van der Waals surface area contributed by atoms with E-state index in [0.29, 0.717) is 0 Å². The SMILES string of the molecule is CC(C)[O][Ti]([O]C(C)C)([O]C(C)C)[O][Si](C1CCCCC1)(C1CCCCC1)C1CCCCC1. The monoisotopic (exact) mass is 518 g/mol. The maximum absolute atomic E-state index is 7.84. The van der Waals surface area contributed by atoms with Gasteiger partial charge in [0.05, 0.1) is 0 Å². The molecule has 33 heavy (non-hydrogen) atoms. The van der Waals surface area contributed by atoms with Crippen LogP contribution in [0, 0.1) is 0 Å². The maximum atomic E-state index is 7.84. The van der Waals surface area contributed by atoms with Crippen LogP contribution in [0.3, 0.4) is 0 Å². The zero-order chi connectivity index (χ0) is 23.9. The Hall–Kier alpha value is 0.771. The van der Waals surface area contributed by atoms with Gasteiger partial charge in [-0.25, -0.2) is 0 Å². The molecule has 0 spiro atoms. The average molecular weight is 519 g/mol. The van der Waals surface area contributed by atoms with Crippen LogP contribution in [0.15, 0.2) is 0 Å². The fourth-order valence-corrected chi connectivity index (χ4v) is 22.2. The number of rotatable bonds is 11. The summed E-state index contributed by atoms with van der Waals surface area (Å²) in [6.07, 6.45) is 20.8. The molecular weight excluding hydrogens is 464 g/mol. The summed E-state index contributed by atoms with van der Waals surface area (Å²) in [6.45, 7) is 12.8. The summed E-state index contributed by atoms with van der Waals surface area (Å²) in [6, 6.07) is 0. The molecule has 194 valence electrons. The third-order valence-electron chi connectivity index (χ3n) is 8.17. The second-order valence-electron chi connectivity index (χ2n) is 12.0. The van der Waals surface area contributed by atoms with Crippen molar-refractivity contribution in [3.63, 3.8) is 0 Å². The van der Waals surface area contributed by atoms with Crippen molar-refractivity contribution in [1.82, 2.24) is 0 Å². The van der Waals surface area contributed by atoms with Crippen LogP contribution >= 0.6 is 0 Å². The Bertz CT molecular complexity index is 480. The van der Waals surface area contributed by atoms with E-state index in [2.05, 4.69) is 41.5 Å². The molecule has 0 aromatic rings. The van der Waals surface area contributed by atoms with Gasteiger partial charge in [-0.15, -0.1) is 0 Å². The summed E-state index contributed by atoms with van der Waals surface area (Å²) in [5.41, 5.74) is 2.26. The van der Waals surface area contributed by atoms with E-state index >= 15 is 0 Å². The van der Waals surface area contributed by atoms with Crippen molar-refractivity contribution in [1.29, 1.82) is 0 Å². The van der Waals surface area contributed by atoms with Crippen LogP contribution in [0.4, 0.5) is 0 Å². The fourth-order valence-electron chi connectivity index (χ4n) is 7.15. The van der Waals surface area contributed by atoms with E-state index in [1.807, 2.05) is 0 Å². The van der Waals surface area contributed by atoms with E-state index in [4.69, 9.17) is 13.0 Å². The minimum absolute atomic E-state index is 0.0540. The summed E-state index contributed by atoms with van der Waals surface area (Å²) in [5, 5.41) is 0. The molecule has 3 rings (SSSR count). The topological polar surface area (TPSA) is 36.9 Å². The van der Waals surface area contributed by atoms with E-state index < -0.39 is 26.5 Å². The first-order chi connectivity index (χ1) is 15.8. The van der Waals surface area contributed by atoms with Gasteiger partial charge in [0.15, 0.2) is 0 Å². The van der Waals surface area contributed by atoms with E-state index in [0.717, 1.165) is 16.6 Å². The second kappa shape index (κ2) is 13.4. The quantitative estimate of drug-likeness (QED) is 0.256. The van der Waals surface area contributed by atoms with Crippen molar-refractivity contribution in [3.05, 3.63) is 0 Å². The summed E-state index contributed by atoms with van der Waals surface area (Å²) < 4.78 is 28.1. The molecule has 0 unspecified atom stereocenters. The zero-order valence-electron chi connectivity index (χ0n) is 22.7. The normalized spacial score (nSPS) is 23.2. The summed E-state index contributed by atoms with van der Waals surface area (Å²) in [5.74, 6) is 0. The third-order valence-corrected chi connectivity index (χ3v) is 20.7. The van der Waals surface area contributed by atoms with E-state index in [9.17, 15) is 0 Å². The average Bonchev–Trinajstić information content (AvgIpc) is 2.78. The molecule has 0 N–H and O–H groups in total. The van der Waals surface area contributed by atoms with Gasteiger partial charge in [-0.05, 0) is 0 Å². The second-order valence-corrected chi connectivity index (χ2v) is 19.9. The number of hydrogen-bond donors (Lipinski definition) is 0. The molecule has 0 heterocycles. The Balaban J connectivity index is 2.10. The molecule has 3 aliphatic rings. The van der Waals surface area contributed by atoms with Crippen molar-refractivity contribution < 1.29 is 31.1 Å². The molecule has 6 heteroatoms. The van der Waals surface area contributed by atoms with Gasteiger partial charge in [-0.1, -0.05) is 0 Å². The summed E-state index contributed by atoms with van der Waals surface area (Å²) in [4.78, 5) is 0. The molecule has 0 aromatic heterocycles. The molecule has 0 radical (unpaired) electrons. The van der Waals surface area contributed by atoms with E-state index in [1.54, 1.807) is 0 Å². The van der Waals surface area contributed by atoms with Crippen LogP contribution < -0.4 is 0 Å². The van der Waals surface area contributed by atoms with Crippen LogP contribution in [0.25, 0.3) is 0 Å². The van der Waals surface area contributed by atoms with Gasteiger partial charge in [-0.3, -0.25) is 0 Å². The Kier molecular flexibility index (Phi) is 11.5. The van der Waals surface area contributed by atoms with Crippen molar-refractivity contribution in [2.24, 2.45) is 0 Å². The van der Waals surface area contributed by atoms with Crippen molar-refractivity contribution in [2.45, 2.75) is 173 Å². The summed E-state index contributed by atoms with van der Waals surface area (Å²) in [7, 11) is -2.22. The Morgan fingerprint density at radius 1 is 0.485 bits per heavy atom.